The molecular weight excluding hydrogens is 390 g/mol. The number of aryl methyl sites for hydroxylation is 2. The Morgan fingerprint density at radius 1 is 1.06 bits per heavy atom. The fraction of sp³-hybridized carbons (Fsp3) is 0.160. The molecule has 0 saturated carbocycles. The second-order valence-corrected chi connectivity index (χ2v) is 7.14. The number of carbonyl (C=O) groups excluding carboxylic acids is 2. The number of methoxy groups -OCH3 is 1. The van der Waals surface area contributed by atoms with Crippen molar-refractivity contribution in [2.75, 3.05) is 12.4 Å². The average molecular weight is 413 g/mol. The van der Waals surface area contributed by atoms with Crippen molar-refractivity contribution in [3.63, 3.8) is 0 Å². The Hall–Kier alpha value is -4.11. The second-order valence-electron chi connectivity index (χ2n) is 7.14. The van der Waals surface area contributed by atoms with Crippen molar-refractivity contribution >= 4 is 23.6 Å². The van der Waals surface area contributed by atoms with Crippen molar-refractivity contribution in [1.29, 1.82) is 5.26 Å². The molecule has 1 amide bonds. The molecule has 0 unspecified atom stereocenters. The zero-order chi connectivity index (χ0) is 22.5. The summed E-state index contributed by atoms with van der Waals surface area (Å²) in [7, 11) is 1.35. The van der Waals surface area contributed by atoms with E-state index in [0.29, 0.717) is 11.3 Å². The predicted molar refractivity (Wildman–Crippen MR) is 120 cm³/mol. The number of esters is 1. The molecular formula is C25H23N3O3. The molecule has 31 heavy (non-hydrogen) atoms. The van der Waals surface area contributed by atoms with E-state index in [9.17, 15) is 14.9 Å². The van der Waals surface area contributed by atoms with Gasteiger partial charge in [0.1, 0.15) is 11.6 Å². The fourth-order valence-electron chi connectivity index (χ4n) is 3.48. The molecule has 3 aromatic rings. The Kier molecular flexibility index (Phi) is 6.37. The van der Waals surface area contributed by atoms with Crippen LogP contribution in [0.3, 0.4) is 0 Å². The molecule has 0 atom stereocenters. The van der Waals surface area contributed by atoms with Crippen LogP contribution in [0.15, 0.2) is 60.2 Å². The van der Waals surface area contributed by atoms with E-state index < -0.39 is 5.91 Å². The van der Waals surface area contributed by atoms with Gasteiger partial charge >= 0.3 is 5.97 Å². The molecule has 0 radical (unpaired) electrons. The Balaban J connectivity index is 1.96. The van der Waals surface area contributed by atoms with E-state index in [4.69, 9.17) is 4.74 Å². The third kappa shape index (κ3) is 4.57. The third-order valence-corrected chi connectivity index (χ3v) is 5.03. The van der Waals surface area contributed by atoms with Gasteiger partial charge in [-0.2, -0.15) is 5.26 Å². The molecule has 0 saturated heterocycles. The number of rotatable bonds is 5. The molecule has 6 nitrogen and oxygen atoms in total. The fourth-order valence-corrected chi connectivity index (χ4v) is 3.48. The van der Waals surface area contributed by atoms with Crippen LogP contribution in [0.4, 0.5) is 5.69 Å². The van der Waals surface area contributed by atoms with Crippen LogP contribution in [0.5, 0.6) is 0 Å². The molecule has 1 N–H and O–H groups in total. The standard InChI is InChI=1S/C25H23N3O3/c1-16-12-19(25(30)31-4)10-11-23(16)28-17(2)13-20(18(28)3)14-21(15-26)24(29)27-22-8-6-5-7-9-22/h5-14H,1-4H3,(H,27,29)/b21-14+. The van der Waals surface area contributed by atoms with E-state index in [1.807, 2.05) is 61.7 Å². The molecule has 1 heterocycles. The topological polar surface area (TPSA) is 84.1 Å². The van der Waals surface area contributed by atoms with E-state index in [2.05, 4.69) is 5.32 Å². The molecule has 0 bridgehead atoms. The van der Waals surface area contributed by atoms with Gasteiger partial charge in [-0.3, -0.25) is 4.79 Å². The van der Waals surface area contributed by atoms with Gasteiger partial charge in [-0.05, 0) is 74.4 Å². The maximum atomic E-state index is 12.6. The first-order chi connectivity index (χ1) is 14.8. The summed E-state index contributed by atoms with van der Waals surface area (Å²) >= 11 is 0. The summed E-state index contributed by atoms with van der Waals surface area (Å²) in [6, 6.07) is 18.3. The smallest absolute Gasteiger partial charge is 0.337 e. The normalized spacial score (nSPS) is 11.0. The van der Waals surface area contributed by atoms with E-state index in [1.54, 1.807) is 30.3 Å². The summed E-state index contributed by atoms with van der Waals surface area (Å²) in [5, 5.41) is 12.3. The van der Waals surface area contributed by atoms with E-state index in [-0.39, 0.29) is 11.5 Å². The first kappa shape index (κ1) is 21.6. The van der Waals surface area contributed by atoms with Crippen molar-refractivity contribution in [1.82, 2.24) is 4.57 Å². The van der Waals surface area contributed by atoms with Crippen LogP contribution in [0, 0.1) is 32.1 Å². The molecule has 0 aliphatic rings. The minimum atomic E-state index is -0.461. The van der Waals surface area contributed by atoms with Gasteiger partial charge in [0.2, 0.25) is 0 Å². The summed E-state index contributed by atoms with van der Waals surface area (Å²) in [5.74, 6) is -0.848. The van der Waals surface area contributed by atoms with Crippen LogP contribution in [0.1, 0.15) is 32.9 Å². The number of hydrogen-bond acceptors (Lipinski definition) is 4. The van der Waals surface area contributed by atoms with Gasteiger partial charge in [-0.15, -0.1) is 0 Å². The first-order valence-corrected chi connectivity index (χ1v) is 9.72. The minimum Gasteiger partial charge on any atom is -0.465 e. The van der Waals surface area contributed by atoms with Gasteiger partial charge in [0.15, 0.2) is 0 Å². The number of amides is 1. The highest BCUT2D eigenvalue weighted by atomic mass is 16.5. The summed E-state index contributed by atoms with van der Waals surface area (Å²) < 4.78 is 6.82. The van der Waals surface area contributed by atoms with E-state index in [1.165, 1.54) is 7.11 Å². The zero-order valence-electron chi connectivity index (χ0n) is 17.9. The first-order valence-electron chi connectivity index (χ1n) is 9.72. The van der Waals surface area contributed by atoms with Crippen molar-refractivity contribution in [3.05, 3.63) is 88.2 Å². The lowest BCUT2D eigenvalue weighted by Gasteiger charge is -2.14. The zero-order valence-corrected chi connectivity index (χ0v) is 17.9. The SMILES string of the molecule is COC(=O)c1ccc(-n2c(C)cc(/C=C(\C#N)C(=O)Nc3ccccc3)c2C)c(C)c1. The Morgan fingerprint density at radius 2 is 1.77 bits per heavy atom. The van der Waals surface area contributed by atoms with Crippen molar-refractivity contribution < 1.29 is 14.3 Å². The number of aromatic nitrogens is 1. The third-order valence-electron chi connectivity index (χ3n) is 5.03. The van der Waals surface area contributed by atoms with Gasteiger partial charge in [0.25, 0.3) is 5.91 Å². The lowest BCUT2D eigenvalue weighted by atomic mass is 10.1. The number of para-hydroxylation sites is 1. The number of anilines is 1. The van der Waals surface area contributed by atoms with Crippen LogP contribution in [0.2, 0.25) is 0 Å². The van der Waals surface area contributed by atoms with Crippen molar-refractivity contribution in [3.8, 4) is 11.8 Å². The van der Waals surface area contributed by atoms with Crippen LogP contribution in [-0.4, -0.2) is 23.6 Å². The van der Waals surface area contributed by atoms with Gasteiger partial charge in [0, 0.05) is 22.8 Å². The number of nitriles is 1. The van der Waals surface area contributed by atoms with Crippen LogP contribution < -0.4 is 5.32 Å². The lowest BCUT2D eigenvalue weighted by Crippen LogP contribution is -2.13. The summed E-state index contributed by atoms with van der Waals surface area (Å²) in [5.41, 5.74) is 5.54. The van der Waals surface area contributed by atoms with Gasteiger partial charge in [-0.25, -0.2) is 4.79 Å². The predicted octanol–water partition coefficient (Wildman–Crippen LogP) is 4.73. The molecule has 0 spiro atoms. The molecule has 0 fully saturated rings. The lowest BCUT2D eigenvalue weighted by molar-refractivity contribution is -0.112. The molecule has 3 rings (SSSR count). The molecule has 0 aliphatic carbocycles. The number of nitrogens with zero attached hydrogens (tertiary/aromatic N) is 2. The number of carbonyl (C=O) groups is 2. The molecule has 2 aromatic carbocycles. The largest absolute Gasteiger partial charge is 0.465 e. The van der Waals surface area contributed by atoms with E-state index in [0.717, 1.165) is 28.2 Å². The van der Waals surface area contributed by atoms with Crippen molar-refractivity contribution in [2.24, 2.45) is 0 Å². The number of hydrogen-bond donors (Lipinski definition) is 1. The summed E-state index contributed by atoms with van der Waals surface area (Å²) in [6.07, 6.45) is 1.59. The highest BCUT2D eigenvalue weighted by Crippen LogP contribution is 2.26. The quantitative estimate of drug-likeness (QED) is 0.372. The van der Waals surface area contributed by atoms with Crippen molar-refractivity contribution in [2.45, 2.75) is 20.8 Å². The maximum Gasteiger partial charge on any atom is 0.337 e. The Labute approximate surface area is 181 Å². The molecule has 156 valence electrons. The van der Waals surface area contributed by atoms with Gasteiger partial charge in [-0.1, -0.05) is 18.2 Å². The van der Waals surface area contributed by atoms with Gasteiger partial charge in [0.05, 0.1) is 12.7 Å². The molecule has 0 aliphatic heterocycles. The molecule has 6 heteroatoms. The van der Waals surface area contributed by atoms with Gasteiger partial charge < -0.3 is 14.6 Å². The number of benzene rings is 2. The highest BCUT2D eigenvalue weighted by molar-refractivity contribution is 6.09. The number of nitrogens with one attached hydrogen (secondary N) is 1. The highest BCUT2D eigenvalue weighted by Gasteiger charge is 2.16. The van der Waals surface area contributed by atoms with Crippen LogP contribution in [0.25, 0.3) is 11.8 Å². The summed E-state index contributed by atoms with van der Waals surface area (Å²) in [6.45, 7) is 5.80. The number of ether oxygens (including phenoxy) is 1. The monoisotopic (exact) mass is 413 g/mol. The summed E-state index contributed by atoms with van der Waals surface area (Å²) in [4.78, 5) is 24.3. The Morgan fingerprint density at radius 3 is 2.39 bits per heavy atom. The van der Waals surface area contributed by atoms with Crippen LogP contribution >= 0.6 is 0 Å². The Bertz CT molecular complexity index is 1210. The van der Waals surface area contributed by atoms with Crippen LogP contribution in [-0.2, 0) is 9.53 Å². The maximum absolute atomic E-state index is 12.6. The second kappa shape index (κ2) is 9.14. The van der Waals surface area contributed by atoms with E-state index >= 15 is 0 Å². The minimum absolute atomic E-state index is 0.0156. The molecule has 1 aromatic heterocycles. The average Bonchev–Trinajstić information content (AvgIpc) is 3.04.